The van der Waals surface area contributed by atoms with Crippen LogP contribution >= 0.6 is 0 Å². The summed E-state index contributed by atoms with van der Waals surface area (Å²) in [6.07, 6.45) is 6.90. The van der Waals surface area contributed by atoms with Gasteiger partial charge in [-0.2, -0.15) is 0 Å². The quantitative estimate of drug-likeness (QED) is 0.436. The summed E-state index contributed by atoms with van der Waals surface area (Å²) in [5.74, 6) is 1.26. The Morgan fingerprint density at radius 2 is 1.26 bits per heavy atom. The molecule has 0 unspecified atom stereocenters. The highest BCUT2D eigenvalue weighted by Crippen LogP contribution is 2.41. The molecule has 0 heterocycles. The van der Waals surface area contributed by atoms with Crippen LogP contribution in [0.4, 0.5) is 0 Å². The zero-order valence-corrected chi connectivity index (χ0v) is 18.5. The Labute approximate surface area is 185 Å². The minimum absolute atomic E-state index is 0.248. The van der Waals surface area contributed by atoms with Gasteiger partial charge in [0.15, 0.2) is 0 Å². The van der Waals surface area contributed by atoms with E-state index < -0.39 is 0 Å². The van der Waals surface area contributed by atoms with Gasteiger partial charge in [0.05, 0.1) is 0 Å². The minimum Gasteiger partial charge on any atom is -0.508 e. The molecule has 0 bridgehead atoms. The number of hydrogen-bond donors (Lipinski definition) is 3. The molecule has 3 nitrogen and oxygen atoms in total. The van der Waals surface area contributed by atoms with Crippen LogP contribution in [-0.4, -0.2) is 15.3 Å². The summed E-state index contributed by atoms with van der Waals surface area (Å²) in [4.78, 5) is 0. The number of aryl methyl sites for hydroxylation is 2. The zero-order chi connectivity index (χ0) is 22.0. The van der Waals surface area contributed by atoms with Crippen LogP contribution in [0.1, 0.15) is 77.0 Å². The number of phenols is 3. The predicted octanol–water partition coefficient (Wildman–Crippen LogP) is 6.65. The molecule has 1 aliphatic rings. The number of benzene rings is 3. The van der Waals surface area contributed by atoms with E-state index in [-0.39, 0.29) is 11.5 Å². The van der Waals surface area contributed by atoms with Crippen molar-refractivity contribution in [3.63, 3.8) is 0 Å². The number of aromatic hydroxyl groups is 3. The van der Waals surface area contributed by atoms with Crippen molar-refractivity contribution in [2.75, 3.05) is 0 Å². The van der Waals surface area contributed by atoms with Crippen molar-refractivity contribution in [3.05, 3.63) is 87.5 Å². The minimum atomic E-state index is 0.248. The summed E-state index contributed by atoms with van der Waals surface area (Å²) in [6.45, 7) is 4.02. The van der Waals surface area contributed by atoms with E-state index in [2.05, 4.69) is 12.1 Å². The van der Waals surface area contributed by atoms with Crippen molar-refractivity contribution in [1.82, 2.24) is 0 Å². The summed E-state index contributed by atoms with van der Waals surface area (Å²) in [5, 5.41) is 32.2. The first-order valence-electron chi connectivity index (χ1n) is 11.3. The average Bonchev–Trinajstić information content (AvgIpc) is 2.76. The zero-order valence-electron chi connectivity index (χ0n) is 18.5. The first-order valence-corrected chi connectivity index (χ1v) is 11.3. The number of rotatable bonds is 5. The summed E-state index contributed by atoms with van der Waals surface area (Å²) in [5.41, 5.74) is 6.69. The molecule has 3 aromatic carbocycles. The fourth-order valence-corrected chi connectivity index (χ4v) is 4.91. The van der Waals surface area contributed by atoms with E-state index in [4.69, 9.17) is 0 Å². The number of hydrogen-bond acceptors (Lipinski definition) is 3. The third kappa shape index (κ3) is 4.71. The molecule has 1 saturated carbocycles. The van der Waals surface area contributed by atoms with E-state index in [1.807, 2.05) is 38.1 Å². The topological polar surface area (TPSA) is 60.7 Å². The van der Waals surface area contributed by atoms with Crippen LogP contribution in [0.3, 0.4) is 0 Å². The first-order chi connectivity index (χ1) is 14.9. The normalized spacial score (nSPS) is 14.6. The Hall–Kier alpha value is -2.94. The van der Waals surface area contributed by atoms with Gasteiger partial charge in [-0.1, -0.05) is 66.8 Å². The molecule has 0 amide bonds. The van der Waals surface area contributed by atoms with E-state index in [1.54, 1.807) is 12.1 Å². The predicted molar refractivity (Wildman–Crippen MR) is 125 cm³/mol. The molecule has 0 spiro atoms. The van der Waals surface area contributed by atoms with Gasteiger partial charge in [0.2, 0.25) is 0 Å². The lowest BCUT2D eigenvalue weighted by molar-refractivity contribution is 0.411. The maximum Gasteiger partial charge on any atom is 0.122 e. The molecule has 0 aromatic heterocycles. The molecule has 4 rings (SSSR count). The number of phenolic OH excluding ortho intramolecular Hbond substituents is 3. The van der Waals surface area contributed by atoms with Gasteiger partial charge in [0.1, 0.15) is 17.2 Å². The van der Waals surface area contributed by atoms with Crippen molar-refractivity contribution in [2.45, 2.75) is 64.7 Å². The largest absolute Gasteiger partial charge is 0.508 e. The fourth-order valence-electron chi connectivity index (χ4n) is 4.91. The van der Waals surface area contributed by atoms with Crippen LogP contribution in [0.2, 0.25) is 0 Å². The second kappa shape index (κ2) is 9.05. The van der Waals surface area contributed by atoms with E-state index in [1.165, 1.54) is 19.3 Å². The van der Waals surface area contributed by atoms with Crippen LogP contribution in [-0.2, 0) is 12.8 Å². The van der Waals surface area contributed by atoms with Crippen molar-refractivity contribution in [3.8, 4) is 17.2 Å². The van der Waals surface area contributed by atoms with Crippen LogP contribution in [0.5, 0.6) is 17.2 Å². The highest BCUT2D eigenvalue weighted by atomic mass is 16.3. The molecule has 3 N–H and O–H groups in total. The van der Waals surface area contributed by atoms with E-state index in [0.29, 0.717) is 24.5 Å². The van der Waals surface area contributed by atoms with Crippen molar-refractivity contribution in [2.24, 2.45) is 0 Å². The summed E-state index contributed by atoms with van der Waals surface area (Å²) in [7, 11) is 0. The molecule has 162 valence electrons. The summed E-state index contributed by atoms with van der Waals surface area (Å²) in [6, 6.07) is 15.4. The van der Waals surface area contributed by atoms with Crippen molar-refractivity contribution in [1.29, 1.82) is 0 Å². The standard InChI is InChI=1S/C28H32O3/c1-18-8-12-26(29)22(14-18)16-21-10-11-24(20-6-4-3-5-7-20)28(31)25(21)17-23-15-19(2)9-13-27(23)30/h8-15,20,29-31H,3-7,16-17H2,1-2H3. The summed E-state index contributed by atoms with van der Waals surface area (Å²) >= 11 is 0. The van der Waals surface area contributed by atoms with Gasteiger partial charge in [-0.25, -0.2) is 0 Å². The third-order valence-electron chi connectivity index (χ3n) is 6.67. The van der Waals surface area contributed by atoms with E-state index in [9.17, 15) is 15.3 Å². The van der Waals surface area contributed by atoms with E-state index in [0.717, 1.165) is 51.8 Å². The van der Waals surface area contributed by atoms with Crippen LogP contribution in [0.25, 0.3) is 0 Å². The van der Waals surface area contributed by atoms with Gasteiger partial charge in [0, 0.05) is 18.4 Å². The highest BCUT2D eigenvalue weighted by molar-refractivity contribution is 5.53. The van der Waals surface area contributed by atoms with Crippen molar-refractivity contribution >= 4 is 0 Å². The van der Waals surface area contributed by atoms with Gasteiger partial charge >= 0.3 is 0 Å². The lowest BCUT2D eigenvalue weighted by Crippen LogP contribution is -2.08. The average molecular weight is 417 g/mol. The Morgan fingerprint density at radius 1 is 0.677 bits per heavy atom. The second-order valence-electron chi connectivity index (χ2n) is 9.09. The Morgan fingerprint density at radius 3 is 1.87 bits per heavy atom. The van der Waals surface area contributed by atoms with Gasteiger partial charge in [-0.05, 0) is 67.0 Å². The Kier molecular flexibility index (Phi) is 6.22. The van der Waals surface area contributed by atoms with Crippen LogP contribution in [0.15, 0.2) is 48.5 Å². The van der Waals surface area contributed by atoms with Gasteiger partial charge in [-0.3, -0.25) is 0 Å². The SMILES string of the molecule is Cc1ccc(O)c(Cc2ccc(C3CCCCC3)c(O)c2Cc2cc(C)ccc2O)c1. The van der Waals surface area contributed by atoms with Crippen molar-refractivity contribution < 1.29 is 15.3 Å². The highest BCUT2D eigenvalue weighted by Gasteiger charge is 2.23. The molecular weight excluding hydrogens is 384 g/mol. The molecule has 0 aliphatic heterocycles. The smallest absolute Gasteiger partial charge is 0.122 e. The van der Waals surface area contributed by atoms with Gasteiger partial charge < -0.3 is 15.3 Å². The molecule has 0 atom stereocenters. The molecule has 1 fully saturated rings. The lowest BCUT2D eigenvalue weighted by Gasteiger charge is -2.25. The first kappa shape index (κ1) is 21.3. The molecule has 1 aliphatic carbocycles. The molecule has 3 heteroatoms. The monoisotopic (exact) mass is 416 g/mol. The summed E-state index contributed by atoms with van der Waals surface area (Å²) < 4.78 is 0. The van der Waals surface area contributed by atoms with Gasteiger partial charge in [0.25, 0.3) is 0 Å². The lowest BCUT2D eigenvalue weighted by atomic mass is 9.81. The third-order valence-corrected chi connectivity index (χ3v) is 6.67. The van der Waals surface area contributed by atoms with Gasteiger partial charge in [-0.15, -0.1) is 0 Å². The second-order valence-corrected chi connectivity index (χ2v) is 9.09. The maximum absolute atomic E-state index is 11.4. The van der Waals surface area contributed by atoms with E-state index >= 15 is 0 Å². The molecular formula is C28H32O3. The Bertz CT molecular complexity index is 1080. The molecule has 31 heavy (non-hydrogen) atoms. The molecule has 3 aromatic rings. The maximum atomic E-state index is 11.4. The molecule has 0 radical (unpaired) electrons. The van der Waals surface area contributed by atoms with Crippen LogP contribution in [0, 0.1) is 13.8 Å². The molecule has 0 saturated heterocycles. The Balaban J connectivity index is 1.78. The fraction of sp³-hybridized carbons (Fsp3) is 0.357. The van der Waals surface area contributed by atoms with Crippen LogP contribution < -0.4 is 0 Å².